The van der Waals surface area contributed by atoms with Crippen LogP contribution in [0.1, 0.15) is 0 Å². The minimum Gasteiger partial charge on any atom is -0.506 e. The van der Waals surface area contributed by atoms with Crippen LogP contribution < -0.4 is 0 Å². The lowest BCUT2D eigenvalue weighted by Crippen LogP contribution is -1.74. The molecular weight excluding hydrogens is 224 g/mol. The lowest BCUT2D eigenvalue weighted by atomic mass is 10.1. The Morgan fingerprint density at radius 2 is 1.75 bits per heavy atom. The minimum atomic E-state index is -0.165. The summed E-state index contributed by atoms with van der Waals surface area (Å²) in [5.74, 6) is -0.0820. The molecule has 3 nitrogen and oxygen atoms in total. The van der Waals surface area contributed by atoms with Crippen LogP contribution in [0.15, 0.2) is 30.3 Å². The molecule has 3 rings (SSSR count). The zero-order valence-electron chi connectivity index (χ0n) is 8.14. The van der Waals surface area contributed by atoms with Crippen molar-refractivity contribution in [1.29, 1.82) is 0 Å². The highest BCUT2D eigenvalue weighted by Crippen LogP contribution is 2.48. The number of benzene rings is 2. The highest BCUT2D eigenvalue weighted by Gasteiger charge is 2.16. The molecule has 0 aliphatic heterocycles. The molecule has 1 aromatic heterocycles. The first kappa shape index (κ1) is 9.30. The van der Waals surface area contributed by atoms with E-state index in [4.69, 9.17) is 0 Å². The Morgan fingerprint density at radius 3 is 2.56 bits per heavy atom. The summed E-state index contributed by atoms with van der Waals surface area (Å²) in [5, 5.41) is 31.1. The fraction of sp³-hybridized carbons (Fsp3) is 0. The maximum Gasteiger partial charge on any atom is 0.215 e. The smallest absolute Gasteiger partial charge is 0.215 e. The summed E-state index contributed by atoms with van der Waals surface area (Å²) in [5.41, 5.74) is 0. The molecule has 3 N–H and O–H groups in total. The van der Waals surface area contributed by atoms with Crippen LogP contribution in [0.4, 0.5) is 0 Å². The molecule has 0 radical (unpaired) electrons. The minimum absolute atomic E-state index is 0.0781. The monoisotopic (exact) mass is 232 g/mol. The Balaban J connectivity index is 2.67. The van der Waals surface area contributed by atoms with Crippen molar-refractivity contribution in [3.05, 3.63) is 30.3 Å². The van der Waals surface area contributed by atoms with E-state index in [1.165, 1.54) is 0 Å². The topological polar surface area (TPSA) is 60.7 Å². The zero-order valence-corrected chi connectivity index (χ0v) is 8.95. The third kappa shape index (κ3) is 1.07. The molecular formula is C12H8O3S. The molecule has 0 aliphatic rings. The standard InChI is InChI=1S/C12H8O3S/c13-8-5-6-3-1-2-4-7(6)9-10(14)12(15)16-11(8)9/h1-5,13-15H. The van der Waals surface area contributed by atoms with Crippen molar-refractivity contribution in [3.63, 3.8) is 0 Å². The van der Waals surface area contributed by atoms with Gasteiger partial charge in [0.1, 0.15) is 5.75 Å². The van der Waals surface area contributed by atoms with Crippen molar-refractivity contribution < 1.29 is 15.3 Å². The molecule has 1 heterocycles. The summed E-state index contributed by atoms with van der Waals surface area (Å²) >= 11 is 0.976. The van der Waals surface area contributed by atoms with Crippen molar-refractivity contribution in [3.8, 4) is 16.6 Å². The summed E-state index contributed by atoms with van der Waals surface area (Å²) in [7, 11) is 0. The normalized spacial score (nSPS) is 11.2. The summed E-state index contributed by atoms with van der Waals surface area (Å²) in [4.78, 5) is 0. The average Bonchev–Trinajstić information content (AvgIpc) is 2.57. The number of phenolic OH excluding ortho intramolecular Hbond substituents is 1. The Morgan fingerprint density at radius 1 is 1.00 bits per heavy atom. The van der Waals surface area contributed by atoms with Gasteiger partial charge in [0.05, 0.1) is 10.1 Å². The molecule has 0 spiro atoms. The summed E-state index contributed by atoms with van der Waals surface area (Å²) < 4.78 is 0.508. The lowest BCUT2D eigenvalue weighted by Gasteiger charge is -2.01. The Kier molecular flexibility index (Phi) is 1.76. The number of phenols is 1. The molecule has 16 heavy (non-hydrogen) atoms. The second-order valence-corrected chi connectivity index (χ2v) is 4.58. The van der Waals surface area contributed by atoms with Gasteiger partial charge in [0.2, 0.25) is 5.06 Å². The van der Waals surface area contributed by atoms with Crippen LogP contribution in [-0.4, -0.2) is 15.3 Å². The largest absolute Gasteiger partial charge is 0.506 e. The molecule has 0 aliphatic carbocycles. The predicted molar refractivity (Wildman–Crippen MR) is 64.3 cm³/mol. The number of rotatable bonds is 0. The first-order valence-corrected chi connectivity index (χ1v) is 5.55. The molecule has 0 saturated heterocycles. The van der Waals surface area contributed by atoms with Gasteiger partial charge in [0.25, 0.3) is 0 Å². The van der Waals surface area contributed by atoms with E-state index in [1.54, 1.807) is 6.07 Å². The van der Waals surface area contributed by atoms with E-state index in [1.807, 2.05) is 24.3 Å². The number of fused-ring (bicyclic) bond motifs is 3. The maximum absolute atomic E-state index is 9.80. The molecule has 0 atom stereocenters. The number of hydrogen-bond acceptors (Lipinski definition) is 4. The summed E-state index contributed by atoms with van der Waals surface area (Å²) in [6.07, 6.45) is 0. The van der Waals surface area contributed by atoms with Crippen LogP contribution in [-0.2, 0) is 0 Å². The van der Waals surface area contributed by atoms with Crippen LogP contribution in [0.25, 0.3) is 20.9 Å². The van der Waals surface area contributed by atoms with E-state index >= 15 is 0 Å². The molecule has 3 aromatic rings. The molecule has 0 bridgehead atoms. The molecule has 2 aromatic carbocycles. The lowest BCUT2D eigenvalue weighted by molar-refractivity contribution is 0.419. The van der Waals surface area contributed by atoms with Gasteiger partial charge in [-0.05, 0) is 16.8 Å². The van der Waals surface area contributed by atoms with Crippen molar-refractivity contribution in [2.24, 2.45) is 0 Å². The molecule has 4 heteroatoms. The predicted octanol–water partition coefficient (Wildman–Crippen LogP) is 3.17. The van der Waals surface area contributed by atoms with Gasteiger partial charge in [0.15, 0.2) is 5.75 Å². The fourth-order valence-corrected chi connectivity index (χ4v) is 2.77. The van der Waals surface area contributed by atoms with Gasteiger partial charge in [-0.25, -0.2) is 0 Å². The molecule has 80 valence electrons. The van der Waals surface area contributed by atoms with Gasteiger partial charge < -0.3 is 15.3 Å². The van der Waals surface area contributed by atoms with Crippen molar-refractivity contribution >= 4 is 32.2 Å². The van der Waals surface area contributed by atoms with Crippen molar-refractivity contribution in [2.75, 3.05) is 0 Å². The van der Waals surface area contributed by atoms with Crippen LogP contribution in [0.3, 0.4) is 0 Å². The summed E-state index contributed by atoms with van der Waals surface area (Å²) in [6.45, 7) is 0. The third-order valence-electron chi connectivity index (χ3n) is 2.62. The fourth-order valence-electron chi connectivity index (χ4n) is 1.90. The van der Waals surface area contributed by atoms with Gasteiger partial charge in [0, 0.05) is 0 Å². The van der Waals surface area contributed by atoms with Gasteiger partial charge in [-0.15, -0.1) is 0 Å². The van der Waals surface area contributed by atoms with Crippen molar-refractivity contribution in [2.45, 2.75) is 0 Å². The highest BCUT2D eigenvalue weighted by atomic mass is 32.1. The average molecular weight is 232 g/mol. The Bertz CT molecular complexity index is 700. The highest BCUT2D eigenvalue weighted by molar-refractivity contribution is 7.21. The molecule has 0 amide bonds. The van der Waals surface area contributed by atoms with Gasteiger partial charge in [-0.1, -0.05) is 35.6 Å². The van der Waals surface area contributed by atoms with E-state index in [2.05, 4.69) is 0 Å². The third-order valence-corrected chi connectivity index (χ3v) is 3.62. The van der Waals surface area contributed by atoms with E-state index in [0.29, 0.717) is 10.1 Å². The van der Waals surface area contributed by atoms with Crippen molar-refractivity contribution in [1.82, 2.24) is 0 Å². The van der Waals surface area contributed by atoms with E-state index in [9.17, 15) is 15.3 Å². The van der Waals surface area contributed by atoms with E-state index < -0.39 is 0 Å². The quantitative estimate of drug-likeness (QED) is 0.558. The van der Waals surface area contributed by atoms with Crippen LogP contribution in [0.2, 0.25) is 0 Å². The maximum atomic E-state index is 9.80. The Hall–Kier alpha value is -1.94. The van der Waals surface area contributed by atoms with E-state index in [0.717, 1.165) is 22.1 Å². The van der Waals surface area contributed by atoms with Gasteiger partial charge in [-0.2, -0.15) is 0 Å². The van der Waals surface area contributed by atoms with Gasteiger partial charge >= 0.3 is 0 Å². The number of aromatic hydroxyl groups is 3. The molecule has 0 unspecified atom stereocenters. The second-order valence-electron chi connectivity index (χ2n) is 3.58. The van der Waals surface area contributed by atoms with Gasteiger partial charge in [-0.3, -0.25) is 0 Å². The number of hydrogen-bond donors (Lipinski definition) is 3. The zero-order chi connectivity index (χ0) is 11.3. The second kappa shape index (κ2) is 3.02. The Labute approximate surface area is 94.8 Å². The van der Waals surface area contributed by atoms with E-state index in [-0.39, 0.29) is 16.6 Å². The SMILES string of the molecule is Oc1sc2c(O)cc3ccccc3c2c1O. The molecule has 0 saturated carbocycles. The first-order chi connectivity index (χ1) is 7.68. The van der Waals surface area contributed by atoms with Crippen LogP contribution in [0.5, 0.6) is 16.6 Å². The number of thiophene rings is 1. The molecule has 0 fully saturated rings. The van der Waals surface area contributed by atoms with Crippen LogP contribution >= 0.6 is 11.3 Å². The first-order valence-electron chi connectivity index (χ1n) is 4.73. The summed E-state index contributed by atoms with van der Waals surface area (Å²) in [6, 6.07) is 9.04. The van der Waals surface area contributed by atoms with Crippen LogP contribution in [0, 0.1) is 0 Å².